The smallest absolute Gasteiger partial charge is 0.115 e. The van der Waals surface area contributed by atoms with Crippen molar-refractivity contribution in [2.45, 2.75) is 47.2 Å². The number of aromatic hydroxyl groups is 2. The fourth-order valence-electron chi connectivity index (χ4n) is 5.14. The first kappa shape index (κ1) is 30.8. The normalized spacial score (nSPS) is 18.8. The number of phenols is 2. The van der Waals surface area contributed by atoms with Gasteiger partial charge in [-0.25, -0.2) is 0 Å². The minimum Gasteiger partial charge on any atom is -0.508 e. The molecule has 37 heavy (non-hydrogen) atoms. The van der Waals surface area contributed by atoms with Crippen molar-refractivity contribution >= 4 is 13.6 Å². The Kier molecular flexibility index (Phi) is 11.6. The van der Waals surface area contributed by atoms with Gasteiger partial charge in [-0.1, -0.05) is 94.5 Å². The third-order valence-corrected chi connectivity index (χ3v) is 8.90. The predicted molar refractivity (Wildman–Crippen MR) is 157 cm³/mol. The molecule has 1 unspecified atom stereocenters. The number of fused-ring (bicyclic) bond motifs is 1. The maximum atomic E-state index is 8.63. The molecule has 0 amide bonds. The monoisotopic (exact) mass is 675 g/mol. The average molecular weight is 674 g/mol. The van der Waals surface area contributed by atoms with Crippen LogP contribution in [0.4, 0.5) is 0 Å². The first-order valence-corrected chi connectivity index (χ1v) is 15.1. The topological polar surface area (TPSA) is 40.5 Å². The summed E-state index contributed by atoms with van der Waals surface area (Å²) in [5.74, 6) is 2.76. The third kappa shape index (κ3) is 7.55. The van der Waals surface area contributed by atoms with Gasteiger partial charge in [-0.2, -0.15) is 0 Å². The van der Waals surface area contributed by atoms with Crippen LogP contribution < -0.4 is 0 Å². The summed E-state index contributed by atoms with van der Waals surface area (Å²) in [4.78, 5) is 0. The van der Waals surface area contributed by atoms with Gasteiger partial charge in [0, 0.05) is 34.3 Å². The molecule has 3 aliphatic carbocycles. The van der Waals surface area contributed by atoms with Gasteiger partial charge in [-0.15, -0.1) is 52.5 Å². The number of benzene rings is 2. The van der Waals surface area contributed by atoms with Crippen molar-refractivity contribution in [2.24, 2.45) is 11.3 Å². The molecule has 2 aromatic carbocycles. The number of para-hydroxylation sites is 2. The van der Waals surface area contributed by atoms with E-state index in [1.165, 1.54) is 11.1 Å². The van der Waals surface area contributed by atoms with Crippen molar-refractivity contribution in [2.75, 3.05) is 0 Å². The van der Waals surface area contributed by atoms with E-state index in [1.807, 2.05) is 12.1 Å². The number of allylic oxidation sites excluding steroid dienone is 10. The second kappa shape index (κ2) is 13.9. The zero-order chi connectivity index (χ0) is 26.3. The number of hydrogen-bond donors (Lipinski definition) is 2. The van der Waals surface area contributed by atoms with Gasteiger partial charge in [0.05, 0.1) is 0 Å². The summed E-state index contributed by atoms with van der Waals surface area (Å²) in [5.41, 5.74) is 6.32. The Morgan fingerprint density at radius 2 is 1.41 bits per heavy atom. The van der Waals surface area contributed by atoms with Gasteiger partial charge in [0.1, 0.15) is 11.5 Å². The molecular weight excluding hydrogens is 635 g/mol. The maximum absolute atomic E-state index is 8.63. The summed E-state index contributed by atoms with van der Waals surface area (Å²) < 4.78 is 0. The Morgan fingerprint density at radius 1 is 0.865 bits per heavy atom. The van der Waals surface area contributed by atoms with Crippen molar-refractivity contribution in [3.05, 3.63) is 125 Å². The van der Waals surface area contributed by atoms with Crippen LogP contribution in [0.1, 0.15) is 34.1 Å². The zero-order valence-electron chi connectivity index (χ0n) is 22.9. The van der Waals surface area contributed by atoms with Gasteiger partial charge >= 0.3 is 0 Å². The van der Waals surface area contributed by atoms with Crippen molar-refractivity contribution < 1.29 is 36.1 Å². The molecule has 0 bridgehead atoms. The Morgan fingerprint density at radius 3 is 1.81 bits per heavy atom. The second-order valence-corrected chi connectivity index (χ2v) is 12.7. The summed E-state index contributed by atoms with van der Waals surface area (Å²) in [6.45, 7) is 14.4. The van der Waals surface area contributed by atoms with Gasteiger partial charge < -0.3 is 10.2 Å². The zero-order valence-corrected chi connectivity index (χ0v) is 27.5. The number of phenolic OH excluding ortho intramolecular Hbond substituents is 2. The maximum Gasteiger partial charge on any atom is 0.115 e. The van der Waals surface area contributed by atoms with E-state index in [1.54, 1.807) is 70.8 Å². The molecule has 0 spiro atoms. The van der Waals surface area contributed by atoms with Crippen molar-refractivity contribution in [3.8, 4) is 11.5 Å². The molecule has 2 nitrogen and oxygen atoms in total. The molecule has 0 saturated carbocycles. The largest absolute Gasteiger partial charge is 0.508 e. The van der Waals surface area contributed by atoms with Crippen LogP contribution in [0.3, 0.4) is 0 Å². The van der Waals surface area contributed by atoms with Crippen molar-refractivity contribution in [1.82, 2.24) is 0 Å². The van der Waals surface area contributed by atoms with E-state index >= 15 is 0 Å². The SMILES string of the molecule is CC1=C2C(=CC=CC(=[Si](C)C)C2C)[C-](C2=CC=CC2)C1(C)C.Oc1ccccc1.Oc1ccccc1.[Hf]. The van der Waals surface area contributed by atoms with E-state index in [0.717, 1.165) is 6.42 Å². The van der Waals surface area contributed by atoms with Gasteiger partial charge in [0.25, 0.3) is 0 Å². The molecule has 4 heteroatoms. The van der Waals surface area contributed by atoms with E-state index in [4.69, 9.17) is 10.2 Å². The standard InChI is InChI=1S/C21H27Si.2C6H6O.Hf/c1-14-18(22(5)6)13-9-12-17-19(14)15(2)21(3,4)20(17)16-10-7-8-11-16;2*7-6-4-2-1-3-5-6;/h7-10,12-14H,11H2,1-6H3;2*1-5,7H;/q-1;;;. The summed E-state index contributed by atoms with van der Waals surface area (Å²) in [7, 11) is -0.414. The quantitative estimate of drug-likeness (QED) is 0.237. The summed E-state index contributed by atoms with van der Waals surface area (Å²) in [5, 5.41) is 18.9. The van der Waals surface area contributed by atoms with Gasteiger partial charge in [0.15, 0.2) is 0 Å². The Bertz CT molecular complexity index is 1190. The molecule has 0 radical (unpaired) electrons. The summed E-state index contributed by atoms with van der Waals surface area (Å²) in [6.07, 6.45) is 14.9. The average Bonchev–Trinajstić information content (AvgIpc) is 3.38. The fourth-order valence-corrected chi connectivity index (χ4v) is 6.58. The molecule has 192 valence electrons. The predicted octanol–water partition coefficient (Wildman–Crippen LogP) is 8.23. The van der Waals surface area contributed by atoms with E-state index in [-0.39, 0.29) is 31.3 Å². The van der Waals surface area contributed by atoms with Crippen LogP contribution >= 0.6 is 0 Å². The molecule has 0 saturated heterocycles. The van der Waals surface area contributed by atoms with Crippen LogP contribution in [0.2, 0.25) is 13.1 Å². The third-order valence-electron chi connectivity index (χ3n) is 7.15. The van der Waals surface area contributed by atoms with Crippen molar-refractivity contribution in [3.63, 3.8) is 0 Å². The Labute approximate surface area is 243 Å². The molecule has 2 aromatic rings. The molecule has 5 rings (SSSR count). The van der Waals surface area contributed by atoms with Crippen LogP contribution in [0.15, 0.2) is 119 Å². The minimum atomic E-state index is -0.414. The van der Waals surface area contributed by atoms with Crippen LogP contribution in [-0.2, 0) is 25.8 Å². The first-order chi connectivity index (χ1) is 17.1. The molecular formula is C33H39HfO2Si-. The minimum absolute atomic E-state index is 0. The molecule has 3 aliphatic rings. The molecule has 0 heterocycles. The molecule has 0 aliphatic heterocycles. The Balaban J connectivity index is 0.000000262. The first-order valence-electron chi connectivity index (χ1n) is 12.6. The van der Waals surface area contributed by atoms with Crippen LogP contribution in [0.25, 0.3) is 0 Å². The van der Waals surface area contributed by atoms with Crippen LogP contribution in [-0.4, -0.2) is 23.8 Å². The number of rotatable bonds is 1. The molecule has 1 atom stereocenters. The second-order valence-electron chi connectivity index (χ2n) is 10.2. The van der Waals surface area contributed by atoms with Gasteiger partial charge in [-0.05, 0) is 42.0 Å². The van der Waals surface area contributed by atoms with E-state index in [9.17, 15) is 0 Å². The van der Waals surface area contributed by atoms with Crippen molar-refractivity contribution in [1.29, 1.82) is 0 Å². The fraction of sp³-hybridized carbons (Fsp3) is 0.273. The van der Waals surface area contributed by atoms with Crippen LogP contribution in [0.5, 0.6) is 11.5 Å². The molecule has 2 N–H and O–H groups in total. The number of hydrogen-bond acceptors (Lipinski definition) is 2. The van der Waals surface area contributed by atoms with Gasteiger partial charge in [-0.3, -0.25) is 0 Å². The summed E-state index contributed by atoms with van der Waals surface area (Å²) >= 11 is 0. The van der Waals surface area contributed by atoms with Gasteiger partial charge in [0.2, 0.25) is 0 Å². The van der Waals surface area contributed by atoms with Crippen LogP contribution in [0, 0.1) is 17.3 Å². The summed E-state index contributed by atoms with van der Waals surface area (Å²) in [6, 6.07) is 17.4. The molecule has 0 fully saturated rings. The Hall–Kier alpha value is -2.43. The van der Waals surface area contributed by atoms with E-state index in [2.05, 4.69) is 77.2 Å². The molecule has 0 aromatic heterocycles. The van der Waals surface area contributed by atoms with E-state index in [0.29, 0.717) is 17.4 Å². The van der Waals surface area contributed by atoms with E-state index < -0.39 is 8.41 Å².